The van der Waals surface area contributed by atoms with Gasteiger partial charge in [0.05, 0.1) is 6.10 Å². The summed E-state index contributed by atoms with van der Waals surface area (Å²) in [4.78, 5) is 10.3. The summed E-state index contributed by atoms with van der Waals surface area (Å²) in [6.45, 7) is 1.87. The Hall–Kier alpha value is -0.830. The second kappa shape index (κ2) is 18.5. The van der Waals surface area contributed by atoms with Gasteiger partial charge < -0.3 is 10.2 Å². The van der Waals surface area contributed by atoms with Crippen LogP contribution in [-0.2, 0) is 4.79 Å². The van der Waals surface area contributed by atoms with Crippen LogP contribution in [0.25, 0.3) is 0 Å². The predicted molar refractivity (Wildman–Crippen MR) is 102 cm³/mol. The van der Waals surface area contributed by atoms with E-state index in [9.17, 15) is 9.90 Å². The molecule has 0 radical (unpaired) electrons. The fourth-order valence-electron chi connectivity index (χ4n) is 3.01. The fourth-order valence-corrected chi connectivity index (χ4v) is 3.01. The molecule has 0 saturated carbocycles. The Morgan fingerprint density at radius 1 is 0.750 bits per heavy atom. The lowest BCUT2D eigenvalue weighted by Crippen LogP contribution is -1.98. The molecule has 0 rings (SSSR count). The first kappa shape index (κ1) is 23.2. The standard InChI is InChI=1S/C21H40O3/c1-20(22)18-16-14-12-10-8-6-4-2-3-5-7-9-11-13-15-17-19-21(23)24/h17,19-20,22H,2-16,18H2,1H3,(H,23,24)/b19-17+/t20-/m1/s1. The molecule has 0 aromatic heterocycles. The van der Waals surface area contributed by atoms with Crippen LogP contribution in [0.1, 0.15) is 110 Å². The third kappa shape index (κ3) is 21.2. The van der Waals surface area contributed by atoms with E-state index in [1.165, 1.54) is 89.5 Å². The molecule has 3 heteroatoms. The minimum absolute atomic E-state index is 0.126. The van der Waals surface area contributed by atoms with Crippen molar-refractivity contribution in [2.24, 2.45) is 0 Å². The summed E-state index contributed by atoms with van der Waals surface area (Å²) in [7, 11) is 0. The van der Waals surface area contributed by atoms with Crippen molar-refractivity contribution >= 4 is 5.97 Å². The SMILES string of the molecule is C[C@@H](O)CCCCCCCCCCCCCCCC/C=C/C(=O)O. The molecule has 0 aliphatic carbocycles. The number of carbonyl (C=O) groups is 1. The predicted octanol–water partition coefficient (Wildman–Crippen LogP) is 6.25. The molecule has 0 aromatic rings. The van der Waals surface area contributed by atoms with Crippen LogP contribution < -0.4 is 0 Å². The summed E-state index contributed by atoms with van der Waals surface area (Å²) < 4.78 is 0. The zero-order valence-electron chi connectivity index (χ0n) is 15.8. The number of carboxylic acid groups (broad SMARTS) is 1. The van der Waals surface area contributed by atoms with Gasteiger partial charge in [-0.05, 0) is 26.2 Å². The topological polar surface area (TPSA) is 57.5 Å². The Labute approximate surface area is 149 Å². The zero-order valence-corrected chi connectivity index (χ0v) is 15.8. The monoisotopic (exact) mass is 340 g/mol. The Bertz CT molecular complexity index is 297. The van der Waals surface area contributed by atoms with Gasteiger partial charge in [0.1, 0.15) is 0 Å². The Balaban J connectivity index is 3.04. The van der Waals surface area contributed by atoms with Crippen LogP contribution in [-0.4, -0.2) is 22.3 Å². The lowest BCUT2D eigenvalue weighted by Gasteiger charge is -2.04. The van der Waals surface area contributed by atoms with Crippen molar-refractivity contribution in [3.63, 3.8) is 0 Å². The molecule has 0 aromatic carbocycles. The molecule has 24 heavy (non-hydrogen) atoms. The van der Waals surface area contributed by atoms with Gasteiger partial charge in [-0.2, -0.15) is 0 Å². The van der Waals surface area contributed by atoms with E-state index in [0.717, 1.165) is 19.3 Å². The molecule has 0 saturated heterocycles. The van der Waals surface area contributed by atoms with E-state index in [1.54, 1.807) is 6.08 Å². The summed E-state index contributed by atoms with van der Waals surface area (Å²) in [5.74, 6) is -0.841. The highest BCUT2D eigenvalue weighted by Gasteiger charge is 1.96. The summed E-state index contributed by atoms with van der Waals surface area (Å²) in [5, 5.41) is 17.6. The minimum Gasteiger partial charge on any atom is -0.478 e. The van der Waals surface area contributed by atoms with E-state index in [1.807, 2.05) is 6.92 Å². The minimum atomic E-state index is -0.841. The summed E-state index contributed by atoms with van der Waals surface area (Å²) in [6.07, 6.45) is 23.0. The van der Waals surface area contributed by atoms with Crippen LogP contribution in [0.5, 0.6) is 0 Å². The second-order valence-corrected chi connectivity index (χ2v) is 7.12. The number of aliphatic hydroxyl groups excluding tert-OH is 1. The van der Waals surface area contributed by atoms with Gasteiger partial charge in [-0.1, -0.05) is 89.5 Å². The van der Waals surface area contributed by atoms with E-state index >= 15 is 0 Å². The van der Waals surface area contributed by atoms with Crippen LogP contribution >= 0.6 is 0 Å². The number of rotatable bonds is 18. The van der Waals surface area contributed by atoms with Gasteiger partial charge in [-0.3, -0.25) is 0 Å². The maximum absolute atomic E-state index is 10.3. The molecule has 3 nitrogen and oxygen atoms in total. The molecule has 0 fully saturated rings. The molecule has 2 N–H and O–H groups in total. The molecule has 142 valence electrons. The number of aliphatic carboxylic acids is 1. The van der Waals surface area contributed by atoms with Gasteiger partial charge in [0.15, 0.2) is 0 Å². The van der Waals surface area contributed by atoms with Gasteiger partial charge in [0.25, 0.3) is 0 Å². The van der Waals surface area contributed by atoms with Crippen molar-refractivity contribution in [2.75, 3.05) is 0 Å². The van der Waals surface area contributed by atoms with Crippen molar-refractivity contribution < 1.29 is 15.0 Å². The van der Waals surface area contributed by atoms with Crippen molar-refractivity contribution in [1.29, 1.82) is 0 Å². The number of allylic oxidation sites excluding steroid dienone is 1. The number of hydrogen-bond donors (Lipinski definition) is 2. The van der Waals surface area contributed by atoms with Gasteiger partial charge in [0.2, 0.25) is 0 Å². The Morgan fingerprint density at radius 3 is 1.50 bits per heavy atom. The largest absolute Gasteiger partial charge is 0.478 e. The first-order valence-corrected chi connectivity index (χ1v) is 10.2. The average molecular weight is 341 g/mol. The lowest BCUT2D eigenvalue weighted by molar-refractivity contribution is -0.131. The molecular weight excluding hydrogens is 300 g/mol. The number of hydrogen-bond acceptors (Lipinski definition) is 2. The van der Waals surface area contributed by atoms with E-state index in [0.29, 0.717) is 0 Å². The maximum Gasteiger partial charge on any atom is 0.327 e. The molecule has 0 aliphatic heterocycles. The lowest BCUT2D eigenvalue weighted by atomic mass is 10.0. The highest BCUT2D eigenvalue weighted by Crippen LogP contribution is 2.14. The van der Waals surface area contributed by atoms with Gasteiger partial charge in [-0.15, -0.1) is 0 Å². The summed E-state index contributed by atoms with van der Waals surface area (Å²) in [5.41, 5.74) is 0. The molecular formula is C21H40O3. The maximum atomic E-state index is 10.3. The first-order valence-electron chi connectivity index (χ1n) is 10.2. The molecule has 0 aliphatic rings. The average Bonchev–Trinajstić information content (AvgIpc) is 2.53. The van der Waals surface area contributed by atoms with Gasteiger partial charge in [-0.25, -0.2) is 4.79 Å². The molecule has 1 atom stereocenters. The molecule has 0 amide bonds. The van der Waals surface area contributed by atoms with E-state index in [-0.39, 0.29) is 6.10 Å². The number of aliphatic hydroxyl groups is 1. The highest BCUT2D eigenvalue weighted by molar-refractivity contribution is 5.79. The second-order valence-electron chi connectivity index (χ2n) is 7.12. The number of carboxylic acids is 1. The van der Waals surface area contributed by atoms with Crippen LogP contribution in [0.4, 0.5) is 0 Å². The van der Waals surface area contributed by atoms with Gasteiger partial charge >= 0.3 is 5.97 Å². The summed E-state index contributed by atoms with van der Waals surface area (Å²) >= 11 is 0. The van der Waals surface area contributed by atoms with Crippen molar-refractivity contribution in [3.8, 4) is 0 Å². The van der Waals surface area contributed by atoms with Crippen molar-refractivity contribution in [1.82, 2.24) is 0 Å². The summed E-state index contributed by atoms with van der Waals surface area (Å²) in [6, 6.07) is 0. The van der Waals surface area contributed by atoms with E-state index in [2.05, 4.69) is 0 Å². The zero-order chi connectivity index (χ0) is 17.9. The Kier molecular flexibility index (Phi) is 17.9. The molecule has 0 heterocycles. The van der Waals surface area contributed by atoms with Crippen LogP contribution in [0.2, 0.25) is 0 Å². The molecule has 0 unspecified atom stereocenters. The van der Waals surface area contributed by atoms with Crippen LogP contribution in [0.15, 0.2) is 12.2 Å². The van der Waals surface area contributed by atoms with Crippen molar-refractivity contribution in [2.45, 2.75) is 116 Å². The third-order valence-electron chi connectivity index (χ3n) is 4.50. The number of unbranched alkanes of at least 4 members (excludes halogenated alkanes) is 14. The smallest absolute Gasteiger partial charge is 0.327 e. The molecule has 0 bridgehead atoms. The van der Waals surface area contributed by atoms with E-state index in [4.69, 9.17) is 5.11 Å². The van der Waals surface area contributed by atoms with E-state index < -0.39 is 5.97 Å². The van der Waals surface area contributed by atoms with Crippen LogP contribution in [0, 0.1) is 0 Å². The van der Waals surface area contributed by atoms with Crippen LogP contribution in [0.3, 0.4) is 0 Å². The van der Waals surface area contributed by atoms with Crippen molar-refractivity contribution in [3.05, 3.63) is 12.2 Å². The fraction of sp³-hybridized carbons (Fsp3) is 0.857. The normalized spacial score (nSPS) is 12.8. The Morgan fingerprint density at radius 2 is 1.12 bits per heavy atom. The quantitative estimate of drug-likeness (QED) is 0.229. The molecule has 0 spiro atoms. The third-order valence-corrected chi connectivity index (χ3v) is 4.50. The highest BCUT2D eigenvalue weighted by atomic mass is 16.4. The van der Waals surface area contributed by atoms with Gasteiger partial charge in [0, 0.05) is 6.08 Å². The first-order chi connectivity index (χ1) is 11.6.